The predicted molar refractivity (Wildman–Crippen MR) is 213 cm³/mol. The van der Waals surface area contributed by atoms with Gasteiger partial charge in [-0.25, -0.2) is 17.6 Å². The van der Waals surface area contributed by atoms with Crippen LogP contribution >= 0.6 is 12.4 Å². The Morgan fingerprint density at radius 2 is 0.964 bits per heavy atom. The van der Waals surface area contributed by atoms with Crippen molar-refractivity contribution in [3.63, 3.8) is 0 Å². The van der Waals surface area contributed by atoms with E-state index < -0.39 is 0 Å². The Morgan fingerprint density at radius 1 is 0.545 bits per heavy atom. The van der Waals surface area contributed by atoms with E-state index in [2.05, 4.69) is 20.4 Å². The number of halogens is 5. The van der Waals surface area contributed by atoms with E-state index in [1.165, 1.54) is 47.5 Å². The molecule has 0 radical (unpaired) electrons. The van der Waals surface area contributed by atoms with Gasteiger partial charge in [0.1, 0.15) is 23.3 Å². The topological polar surface area (TPSA) is 155 Å². The summed E-state index contributed by atoms with van der Waals surface area (Å²) in [5.41, 5.74) is 24.3. The van der Waals surface area contributed by atoms with E-state index in [0.717, 1.165) is 101 Å². The fourth-order valence-corrected chi connectivity index (χ4v) is 7.75. The number of hydrazine groups is 1. The monoisotopic (exact) mass is 773 g/mol. The first-order chi connectivity index (χ1) is 26.1. The number of aromatic nitrogens is 3. The molecule has 0 spiro atoms. The summed E-state index contributed by atoms with van der Waals surface area (Å²) in [6, 6.07) is 20.3. The van der Waals surface area contributed by atoms with Crippen LogP contribution in [-0.4, -0.2) is 20.7 Å². The number of aromatic amines is 3. The number of Topliss-reactive ketones (excluding diaryl/α,β-unsaturated/α-hetero) is 1. The van der Waals surface area contributed by atoms with Crippen LogP contribution in [0.1, 0.15) is 89.2 Å². The lowest BCUT2D eigenvalue weighted by atomic mass is 9.92. The second-order valence-electron chi connectivity index (χ2n) is 14.0. The number of nitrogens with one attached hydrogen (secondary N) is 4. The molecule has 3 heterocycles. The highest BCUT2D eigenvalue weighted by Gasteiger charge is 2.23. The quantitative estimate of drug-likeness (QED) is 0.0503. The summed E-state index contributed by atoms with van der Waals surface area (Å²) < 4.78 is 51.5. The van der Waals surface area contributed by atoms with Crippen LogP contribution in [0.5, 0.6) is 0 Å². The van der Waals surface area contributed by atoms with Gasteiger partial charge in [0, 0.05) is 68.3 Å². The Labute approximate surface area is 321 Å². The molecular weight excluding hydrogens is 730 g/mol. The maximum Gasteiger partial charge on any atom is 0.179 e. The Bertz CT molecular complexity index is 2340. The zero-order chi connectivity index (χ0) is 37.9. The van der Waals surface area contributed by atoms with Crippen LogP contribution in [0, 0.1) is 23.3 Å². The normalized spacial score (nSPS) is 17.0. The minimum atomic E-state index is -0.256. The van der Waals surface area contributed by atoms with E-state index in [4.69, 9.17) is 17.3 Å². The van der Waals surface area contributed by atoms with Crippen molar-refractivity contribution in [2.24, 2.45) is 17.3 Å². The average molecular weight is 774 g/mol. The Hall–Kier alpha value is -5.14. The number of anilines is 1. The van der Waals surface area contributed by atoms with Crippen LogP contribution in [0.4, 0.5) is 23.2 Å². The molecule has 7 aromatic rings. The lowest BCUT2D eigenvalue weighted by Crippen LogP contribution is -2.16. The molecule has 0 bridgehead atoms. The molecule has 3 aromatic heterocycles. The van der Waals surface area contributed by atoms with Crippen LogP contribution in [-0.2, 0) is 19.3 Å². The minimum Gasteiger partial charge on any atom is -0.357 e. The molecule has 8 nitrogen and oxygen atoms in total. The summed E-state index contributed by atoms with van der Waals surface area (Å²) in [6.07, 6.45) is 8.57. The molecule has 0 fully saturated rings. The van der Waals surface area contributed by atoms with Crippen LogP contribution in [0.15, 0.2) is 78.9 Å². The molecule has 4 aromatic carbocycles. The predicted octanol–water partition coefficient (Wildman–Crippen LogP) is 9.65. The van der Waals surface area contributed by atoms with E-state index in [-0.39, 0.29) is 53.5 Å². The van der Waals surface area contributed by atoms with Gasteiger partial charge in [0.25, 0.3) is 0 Å². The molecule has 55 heavy (non-hydrogen) atoms. The molecule has 10 N–H and O–H groups in total. The molecule has 3 aliphatic rings. The van der Waals surface area contributed by atoms with E-state index >= 15 is 0 Å². The van der Waals surface area contributed by atoms with Gasteiger partial charge in [-0.1, -0.05) is 0 Å². The molecule has 0 aliphatic heterocycles. The highest BCUT2D eigenvalue weighted by atomic mass is 35.5. The molecule has 3 aliphatic carbocycles. The van der Waals surface area contributed by atoms with Gasteiger partial charge >= 0.3 is 0 Å². The zero-order valence-corrected chi connectivity index (χ0v) is 30.9. The molecule has 2 atom stereocenters. The van der Waals surface area contributed by atoms with Crippen molar-refractivity contribution in [3.8, 4) is 0 Å². The fourth-order valence-electron chi connectivity index (χ4n) is 7.75. The summed E-state index contributed by atoms with van der Waals surface area (Å²) in [7, 11) is 0. The number of benzene rings is 4. The largest absolute Gasteiger partial charge is 0.357 e. The SMILES string of the molecule is Cl.NC1CCCc2c1[nH]c1ccc(F)cc21.NC1CCCc2c1[nH]c1ccc(F)cc21.NNc1ccc(F)cc1.O=C1CCCc2c1[nH]c1ccc(F)cc21. The first kappa shape index (κ1) is 39.6. The van der Waals surface area contributed by atoms with E-state index in [1.54, 1.807) is 42.5 Å². The van der Waals surface area contributed by atoms with Gasteiger partial charge < -0.3 is 31.8 Å². The molecule has 2 unspecified atom stereocenters. The third-order valence-corrected chi connectivity index (χ3v) is 10.4. The molecule has 288 valence electrons. The maximum absolute atomic E-state index is 13.1. The summed E-state index contributed by atoms with van der Waals surface area (Å²) in [4.78, 5) is 21.3. The van der Waals surface area contributed by atoms with Crippen molar-refractivity contribution in [1.82, 2.24) is 15.0 Å². The highest BCUT2D eigenvalue weighted by molar-refractivity contribution is 6.03. The van der Waals surface area contributed by atoms with Gasteiger partial charge in [-0.2, -0.15) is 0 Å². The van der Waals surface area contributed by atoms with E-state index in [1.807, 2.05) is 0 Å². The Balaban J connectivity index is 0.000000126. The number of nitrogens with two attached hydrogens (primary N) is 3. The smallest absolute Gasteiger partial charge is 0.179 e. The number of fused-ring (bicyclic) bond motifs is 9. The van der Waals surface area contributed by atoms with Crippen LogP contribution in [0.25, 0.3) is 32.7 Å². The van der Waals surface area contributed by atoms with Gasteiger partial charge in [-0.05, 0) is 147 Å². The van der Waals surface area contributed by atoms with Gasteiger partial charge in [0.2, 0.25) is 0 Å². The summed E-state index contributed by atoms with van der Waals surface area (Å²) in [5, 5.41) is 2.86. The van der Waals surface area contributed by atoms with Crippen LogP contribution < -0.4 is 22.7 Å². The molecule has 13 heteroatoms. The number of H-pyrrole nitrogens is 3. The first-order valence-corrected chi connectivity index (χ1v) is 18.3. The lowest BCUT2D eigenvalue weighted by molar-refractivity contribution is 0.0968. The average Bonchev–Trinajstić information content (AvgIpc) is 3.86. The van der Waals surface area contributed by atoms with Crippen molar-refractivity contribution in [3.05, 3.63) is 136 Å². The van der Waals surface area contributed by atoms with Crippen molar-refractivity contribution < 1.29 is 22.4 Å². The van der Waals surface area contributed by atoms with E-state index in [0.29, 0.717) is 17.8 Å². The third-order valence-electron chi connectivity index (χ3n) is 10.4. The summed E-state index contributed by atoms with van der Waals surface area (Å²) in [6.45, 7) is 0. The van der Waals surface area contributed by atoms with Gasteiger partial charge in [0.05, 0.1) is 5.69 Å². The molecular formula is C42H44ClF4N7O. The van der Waals surface area contributed by atoms with Crippen molar-refractivity contribution in [2.75, 3.05) is 5.43 Å². The number of rotatable bonds is 1. The van der Waals surface area contributed by atoms with Gasteiger partial charge in [0.15, 0.2) is 5.78 Å². The van der Waals surface area contributed by atoms with Crippen molar-refractivity contribution in [1.29, 1.82) is 0 Å². The summed E-state index contributed by atoms with van der Waals surface area (Å²) >= 11 is 0. The van der Waals surface area contributed by atoms with Crippen LogP contribution in [0.3, 0.4) is 0 Å². The Morgan fingerprint density at radius 3 is 1.44 bits per heavy atom. The second-order valence-corrected chi connectivity index (χ2v) is 14.0. The number of nitrogen functional groups attached to an aromatic ring is 1. The van der Waals surface area contributed by atoms with Gasteiger partial charge in [-0.15, -0.1) is 12.4 Å². The molecule has 0 saturated carbocycles. The van der Waals surface area contributed by atoms with Crippen molar-refractivity contribution >= 4 is 56.6 Å². The third kappa shape index (κ3) is 8.57. The number of ketones is 1. The number of carbonyl (C=O) groups excluding carboxylic acids is 1. The fraction of sp³-hybridized carbons (Fsp3) is 0.262. The number of aryl methyl sites for hydroxylation is 3. The van der Waals surface area contributed by atoms with E-state index in [9.17, 15) is 22.4 Å². The molecule has 0 amide bonds. The van der Waals surface area contributed by atoms with Gasteiger partial charge in [-0.3, -0.25) is 10.6 Å². The minimum absolute atomic E-state index is 0. The standard InChI is InChI=1S/2C12H13FN2.C12H10FNO.C6H7FN2.ClH/c2*13-7-4-5-11-9(6-7)8-2-1-3-10(14)12(8)15-11;13-7-4-5-10-9(6-7)8-2-1-3-11(15)12(8)14-10;7-5-1-3-6(9-8)4-2-5;/h2*4-6,10,15H,1-3,14H2;4-6,14H,1-3H2;1-4,9H,8H2;1H. The highest BCUT2D eigenvalue weighted by Crippen LogP contribution is 2.35. The lowest BCUT2D eigenvalue weighted by Gasteiger charge is -2.18. The molecule has 0 saturated heterocycles. The number of hydrogen-bond donors (Lipinski definition) is 7. The first-order valence-electron chi connectivity index (χ1n) is 18.3. The maximum atomic E-state index is 13.1. The van der Waals surface area contributed by atoms with Crippen LogP contribution in [0.2, 0.25) is 0 Å². The Kier molecular flexibility index (Phi) is 12.3. The number of hydrogen-bond acceptors (Lipinski definition) is 5. The second kappa shape index (κ2) is 17.1. The summed E-state index contributed by atoms with van der Waals surface area (Å²) in [5.74, 6) is 4.32. The molecule has 10 rings (SSSR count). The zero-order valence-electron chi connectivity index (χ0n) is 30.1. The number of carbonyl (C=O) groups is 1. The van der Waals surface area contributed by atoms with Crippen molar-refractivity contribution in [2.45, 2.75) is 69.9 Å².